The number of carbonyl (C=O) groups is 1. The maximum absolute atomic E-state index is 12.5. The zero-order valence-corrected chi connectivity index (χ0v) is 14.6. The summed E-state index contributed by atoms with van der Waals surface area (Å²) in [7, 11) is -5.00. The van der Waals surface area contributed by atoms with Gasteiger partial charge in [-0.15, -0.1) is 0 Å². The van der Waals surface area contributed by atoms with E-state index in [1.165, 1.54) is 5.32 Å². The first-order chi connectivity index (χ1) is 12.3. The molecule has 0 radical (unpaired) electrons. The number of hydrogen-bond donors (Lipinski definition) is 6. The fraction of sp³-hybridized carbons (Fsp3) is 0.545. The summed E-state index contributed by atoms with van der Waals surface area (Å²) in [5.74, 6) is -2.45. The van der Waals surface area contributed by atoms with Gasteiger partial charge in [0.25, 0.3) is 5.56 Å². The van der Waals surface area contributed by atoms with Gasteiger partial charge in [-0.3, -0.25) is 23.7 Å². The van der Waals surface area contributed by atoms with Crippen molar-refractivity contribution in [1.82, 2.24) is 21.0 Å². The predicted molar refractivity (Wildman–Crippen MR) is 82.2 cm³/mol. The fourth-order valence-electron chi connectivity index (χ4n) is 2.31. The topological polar surface area (TPSA) is 215 Å². The number of halogens is 3. The van der Waals surface area contributed by atoms with Crippen molar-refractivity contribution in [2.45, 2.75) is 30.7 Å². The highest BCUT2D eigenvalue weighted by Gasteiger charge is 2.50. The number of aromatic nitrogens is 2. The molecule has 13 nitrogen and oxygen atoms in total. The fourth-order valence-corrected chi connectivity index (χ4v) is 2.65. The predicted octanol–water partition coefficient (Wildman–Crippen LogP) is -1.89. The molecule has 17 heteroatoms. The SMILES string of the molecule is N.O=C(N[C@@H]1[C@H](O)[C@@H](COP(=O)(O)O)O[C@H]1n1ccc(=O)[nH]c1=O)C(F)(F)F. The standard InChI is InChI=1S/C11H13F3N3O9P.H3N/c12-11(13,14)9(20)16-6-7(19)4(3-25-27(22,23)24)26-8(6)17-2-1-5(18)15-10(17)21;/h1-2,4,6-8,19H,3H2,(H,16,20)(H,15,18,21)(H2,22,23,24);1H3/t4-,6-,7-,8-;/m1./s1. The Balaban J connectivity index is 0.00000392. The number of phosphoric acid groups is 1. The van der Waals surface area contributed by atoms with Crippen LogP contribution in [0.3, 0.4) is 0 Å². The van der Waals surface area contributed by atoms with E-state index in [1.807, 2.05) is 0 Å². The molecular weight excluding hydrogens is 420 g/mol. The largest absolute Gasteiger partial charge is 0.471 e. The molecule has 0 aromatic carbocycles. The molecule has 0 unspecified atom stereocenters. The van der Waals surface area contributed by atoms with Gasteiger partial charge in [-0.1, -0.05) is 0 Å². The Morgan fingerprint density at radius 1 is 1.39 bits per heavy atom. The average Bonchev–Trinajstić information content (AvgIpc) is 2.80. The van der Waals surface area contributed by atoms with Crippen LogP contribution < -0.4 is 22.7 Å². The zero-order chi connectivity index (χ0) is 20.6. The third-order valence-corrected chi connectivity index (χ3v) is 3.94. The molecule has 0 saturated carbocycles. The molecule has 1 fully saturated rings. The van der Waals surface area contributed by atoms with Crippen LogP contribution >= 0.6 is 7.82 Å². The van der Waals surface area contributed by atoms with E-state index in [9.17, 15) is 37.2 Å². The van der Waals surface area contributed by atoms with Crippen LogP contribution in [0.1, 0.15) is 6.23 Å². The van der Waals surface area contributed by atoms with Gasteiger partial charge in [0, 0.05) is 12.3 Å². The minimum atomic E-state index is -5.32. The van der Waals surface area contributed by atoms with Crippen molar-refractivity contribution in [3.05, 3.63) is 33.1 Å². The lowest BCUT2D eigenvalue weighted by Crippen LogP contribution is -2.52. The van der Waals surface area contributed by atoms with Crippen LogP contribution in [0.5, 0.6) is 0 Å². The molecule has 8 N–H and O–H groups in total. The molecule has 1 saturated heterocycles. The van der Waals surface area contributed by atoms with Crippen molar-refractivity contribution in [2.75, 3.05) is 6.61 Å². The van der Waals surface area contributed by atoms with Gasteiger partial charge in [-0.2, -0.15) is 13.2 Å². The number of nitrogens with zero attached hydrogens (tertiary/aromatic N) is 1. The van der Waals surface area contributed by atoms with Gasteiger partial charge < -0.3 is 31.1 Å². The number of amides is 1. The Kier molecular flexibility index (Phi) is 7.29. The molecule has 2 heterocycles. The second-order valence-electron chi connectivity index (χ2n) is 5.36. The lowest BCUT2D eigenvalue weighted by Gasteiger charge is -2.23. The van der Waals surface area contributed by atoms with E-state index in [0.29, 0.717) is 4.57 Å². The lowest BCUT2D eigenvalue weighted by atomic mass is 10.1. The van der Waals surface area contributed by atoms with E-state index >= 15 is 0 Å². The lowest BCUT2D eigenvalue weighted by molar-refractivity contribution is -0.175. The molecule has 28 heavy (non-hydrogen) atoms. The summed E-state index contributed by atoms with van der Waals surface area (Å²) in [4.78, 5) is 53.3. The molecule has 160 valence electrons. The first-order valence-electron chi connectivity index (χ1n) is 7.02. The molecule has 4 atom stereocenters. The van der Waals surface area contributed by atoms with Crippen molar-refractivity contribution < 1.29 is 46.7 Å². The number of H-pyrrole nitrogens is 1. The first-order valence-corrected chi connectivity index (χ1v) is 8.55. The summed E-state index contributed by atoms with van der Waals surface area (Å²) in [5, 5.41) is 11.6. The highest BCUT2D eigenvalue weighted by atomic mass is 31.2. The average molecular weight is 436 g/mol. The molecule has 1 aliphatic heterocycles. The highest BCUT2D eigenvalue weighted by Crippen LogP contribution is 2.38. The quantitative estimate of drug-likeness (QED) is 0.282. The molecule has 0 aliphatic carbocycles. The maximum Gasteiger partial charge on any atom is 0.471 e. The number of aromatic amines is 1. The summed E-state index contributed by atoms with van der Waals surface area (Å²) in [5.41, 5.74) is -1.95. The Bertz CT molecular complexity index is 866. The van der Waals surface area contributed by atoms with Gasteiger partial charge in [-0.25, -0.2) is 9.36 Å². The Hall–Kier alpha value is -2.07. The number of phosphoric ester groups is 1. The minimum absolute atomic E-state index is 0. The van der Waals surface area contributed by atoms with E-state index < -0.39 is 62.2 Å². The number of aliphatic hydroxyl groups is 1. The summed E-state index contributed by atoms with van der Waals surface area (Å²) in [6.45, 7) is -0.960. The maximum atomic E-state index is 12.5. The van der Waals surface area contributed by atoms with Crippen LogP contribution in [0.15, 0.2) is 21.9 Å². The third kappa shape index (κ3) is 5.71. The van der Waals surface area contributed by atoms with Crippen LogP contribution in [0.2, 0.25) is 0 Å². The summed E-state index contributed by atoms with van der Waals surface area (Å²) >= 11 is 0. The number of aliphatic hydroxyl groups excluding tert-OH is 1. The zero-order valence-electron chi connectivity index (χ0n) is 13.7. The Morgan fingerprint density at radius 2 is 2.00 bits per heavy atom. The van der Waals surface area contributed by atoms with Gasteiger partial charge in [0.2, 0.25) is 0 Å². The van der Waals surface area contributed by atoms with Gasteiger partial charge in [0.15, 0.2) is 6.23 Å². The number of alkyl halides is 3. The van der Waals surface area contributed by atoms with Crippen LogP contribution in [-0.4, -0.2) is 61.4 Å². The molecule has 1 aromatic rings. The van der Waals surface area contributed by atoms with Crippen LogP contribution in [-0.2, 0) is 18.6 Å². The van der Waals surface area contributed by atoms with Crippen molar-refractivity contribution in [3.63, 3.8) is 0 Å². The summed E-state index contributed by atoms with van der Waals surface area (Å²) in [6, 6.07) is -1.02. The molecular formula is C11H16F3N4O9P. The number of ether oxygens (including phenoxy) is 1. The van der Waals surface area contributed by atoms with Crippen molar-refractivity contribution in [3.8, 4) is 0 Å². The van der Waals surface area contributed by atoms with Gasteiger partial charge >= 0.3 is 25.6 Å². The second-order valence-corrected chi connectivity index (χ2v) is 6.60. The van der Waals surface area contributed by atoms with E-state index in [0.717, 1.165) is 12.3 Å². The molecule has 0 bridgehead atoms. The van der Waals surface area contributed by atoms with E-state index in [1.54, 1.807) is 4.98 Å². The second kappa shape index (κ2) is 8.52. The van der Waals surface area contributed by atoms with Crippen molar-refractivity contribution >= 4 is 13.7 Å². The summed E-state index contributed by atoms with van der Waals surface area (Å²) in [6.07, 6.45) is -9.76. The van der Waals surface area contributed by atoms with Crippen LogP contribution in [0, 0.1) is 0 Å². The van der Waals surface area contributed by atoms with Gasteiger partial charge in [-0.05, 0) is 0 Å². The highest BCUT2D eigenvalue weighted by molar-refractivity contribution is 7.46. The molecule has 0 spiro atoms. The smallest absolute Gasteiger partial charge is 0.388 e. The van der Waals surface area contributed by atoms with E-state index in [4.69, 9.17) is 14.5 Å². The molecule has 1 amide bonds. The summed E-state index contributed by atoms with van der Waals surface area (Å²) < 4.78 is 58.2. The number of hydrogen-bond acceptors (Lipinski definition) is 8. The Morgan fingerprint density at radius 3 is 2.50 bits per heavy atom. The van der Waals surface area contributed by atoms with Crippen molar-refractivity contribution in [2.24, 2.45) is 0 Å². The minimum Gasteiger partial charge on any atom is -0.388 e. The Labute approximate surface area is 152 Å². The van der Waals surface area contributed by atoms with Gasteiger partial charge in [0.1, 0.15) is 18.2 Å². The van der Waals surface area contributed by atoms with E-state index in [2.05, 4.69) is 4.52 Å². The number of carbonyl (C=O) groups excluding carboxylic acids is 1. The number of nitrogens with one attached hydrogen (secondary N) is 2. The van der Waals surface area contributed by atoms with Crippen molar-refractivity contribution in [1.29, 1.82) is 0 Å². The van der Waals surface area contributed by atoms with E-state index in [-0.39, 0.29) is 6.15 Å². The molecule has 1 aromatic heterocycles. The third-order valence-electron chi connectivity index (χ3n) is 3.46. The molecule has 1 aliphatic rings. The number of rotatable bonds is 5. The normalized spacial score (nSPS) is 25.2. The van der Waals surface area contributed by atoms with Crippen LogP contribution in [0.25, 0.3) is 0 Å². The molecule has 2 rings (SSSR count). The van der Waals surface area contributed by atoms with Crippen LogP contribution in [0.4, 0.5) is 13.2 Å². The first kappa shape index (κ1) is 24.0. The van der Waals surface area contributed by atoms with Gasteiger partial charge in [0.05, 0.1) is 6.61 Å². The monoisotopic (exact) mass is 436 g/mol.